The van der Waals surface area contributed by atoms with Gasteiger partial charge in [0.05, 0.1) is 41.7 Å². The second-order valence-electron chi connectivity index (χ2n) is 23.6. The number of carbonyl (C=O) groups is 3. The third kappa shape index (κ3) is 12.8. The molecule has 4 aromatic carbocycles. The summed E-state index contributed by atoms with van der Waals surface area (Å²) in [5, 5.41) is 29.0. The highest BCUT2D eigenvalue weighted by Crippen LogP contribution is 2.42. The highest BCUT2D eigenvalue weighted by atomic mass is 19.4. The maximum absolute atomic E-state index is 17.1. The Bertz CT molecular complexity index is 3490. The fraction of sp³-hybridized carbons (Fsp3) is 0.460. The van der Waals surface area contributed by atoms with E-state index in [4.69, 9.17) is 25.6 Å². The van der Waals surface area contributed by atoms with E-state index >= 15 is 8.78 Å². The highest BCUT2D eigenvalue weighted by molar-refractivity contribution is 6.03. The molecule has 16 nitrogen and oxygen atoms in total. The van der Waals surface area contributed by atoms with Crippen LogP contribution in [0.25, 0.3) is 44.1 Å². The zero-order valence-electron chi connectivity index (χ0n) is 47.6. The van der Waals surface area contributed by atoms with Gasteiger partial charge in [0.1, 0.15) is 41.2 Å². The fourth-order valence-electron chi connectivity index (χ4n) is 12.3. The van der Waals surface area contributed by atoms with Gasteiger partial charge in [0.25, 0.3) is 5.91 Å². The van der Waals surface area contributed by atoms with Gasteiger partial charge in [-0.2, -0.15) is 23.1 Å². The predicted molar refractivity (Wildman–Crippen MR) is 306 cm³/mol. The van der Waals surface area contributed by atoms with Gasteiger partial charge >= 0.3 is 18.2 Å². The molecule has 21 heteroatoms. The minimum Gasteiger partial charge on any atom is -0.508 e. The van der Waals surface area contributed by atoms with E-state index in [9.17, 15) is 37.8 Å². The molecule has 4 aliphatic heterocycles. The van der Waals surface area contributed by atoms with Crippen molar-refractivity contribution in [3.8, 4) is 46.5 Å². The zero-order chi connectivity index (χ0) is 59.8. The maximum Gasteiger partial charge on any atom is 0.417 e. The Hall–Kier alpha value is -7.51. The Kier molecular flexibility index (Phi) is 17.5. The van der Waals surface area contributed by atoms with Crippen LogP contribution in [0.3, 0.4) is 0 Å². The van der Waals surface area contributed by atoms with Crippen molar-refractivity contribution in [3.63, 3.8) is 0 Å². The number of hydrogen-bond acceptors (Lipinski definition) is 14. The van der Waals surface area contributed by atoms with Crippen LogP contribution in [0.15, 0.2) is 72.9 Å². The number of amides is 2. The van der Waals surface area contributed by atoms with Crippen molar-refractivity contribution in [3.05, 3.63) is 107 Å². The summed E-state index contributed by atoms with van der Waals surface area (Å²) in [5.74, 6) is -0.655. The molecule has 4 fully saturated rings. The topological polar surface area (TPSA) is 192 Å². The third-order valence-corrected chi connectivity index (χ3v) is 16.5. The normalized spacial score (nSPS) is 20.8. The number of aryl methyl sites for hydroxylation is 1. The number of phenolic OH excluding ortho intramolecular Hbond substituents is 1. The summed E-state index contributed by atoms with van der Waals surface area (Å²) in [4.78, 5) is 61.0. The van der Waals surface area contributed by atoms with Crippen LogP contribution in [0.1, 0.15) is 101 Å². The van der Waals surface area contributed by atoms with Crippen LogP contribution >= 0.6 is 0 Å². The number of carbonyl (C=O) groups excluding carboxylic acids is 3. The molecule has 84 heavy (non-hydrogen) atoms. The lowest BCUT2D eigenvalue weighted by molar-refractivity contribution is -0.169. The number of aliphatic hydroxyl groups excluding tert-OH is 1. The molecule has 6 heterocycles. The molecule has 0 saturated carbocycles. The lowest BCUT2D eigenvalue weighted by Gasteiger charge is -2.34. The lowest BCUT2D eigenvalue weighted by Crippen LogP contribution is -2.53. The molecule has 2 unspecified atom stereocenters. The van der Waals surface area contributed by atoms with E-state index in [0.717, 1.165) is 38.3 Å². The molecule has 4 saturated heterocycles. The number of terminal acetylenes is 1. The van der Waals surface area contributed by atoms with Crippen LogP contribution in [0.2, 0.25) is 0 Å². The molecule has 2 bridgehead atoms. The number of fused-ring (bicyclic) bond motifs is 4. The molecular formula is C63H69F5N8O8. The molecule has 0 aliphatic carbocycles. The first-order chi connectivity index (χ1) is 40.1. The molecule has 0 spiro atoms. The third-order valence-electron chi connectivity index (χ3n) is 16.5. The second-order valence-corrected chi connectivity index (χ2v) is 23.6. The van der Waals surface area contributed by atoms with Gasteiger partial charge in [0.2, 0.25) is 5.91 Å². The summed E-state index contributed by atoms with van der Waals surface area (Å²) >= 11 is 0. The number of likely N-dealkylation sites (tertiary alicyclic amines) is 2. The second kappa shape index (κ2) is 24.6. The van der Waals surface area contributed by atoms with Gasteiger partial charge in [-0.3, -0.25) is 24.3 Å². The first kappa shape index (κ1) is 59.6. The van der Waals surface area contributed by atoms with Crippen molar-refractivity contribution in [1.82, 2.24) is 35.4 Å². The molecule has 6 aromatic rings. The molecule has 7 atom stereocenters. The maximum atomic E-state index is 17.1. The molecule has 2 aromatic heterocycles. The number of anilines is 1. The van der Waals surface area contributed by atoms with E-state index in [2.05, 4.69) is 36.3 Å². The van der Waals surface area contributed by atoms with Gasteiger partial charge in [-0.05, 0) is 104 Å². The van der Waals surface area contributed by atoms with Crippen molar-refractivity contribution < 1.29 is 60.8 Å². The quantitative estimate of drug-likeness (QED) is 0.0276. The number of piperazine rings is 1. The minimum atomic E-state index is -4.55. The number of nitrogens with one attached hydrogen (secondary N) is 2. The Morgan fingerprint density at radius 2 is 1.71 bits per heavy atom. The van der Waals surface area contributed by atoms with Gasteiger partial charge in [-0.25, -0.2) is 8.78 Å². The fourth-order valence-corrected chi connectivity index (χ4v) is 12.3. The van der Waals surface area contributed by atoms with E-state index in [1.807, 2.05) is 0 Å². The van der Waals surface area contributed by atoms with Gasteiger partial charge in [0, 0.05) is 79.9 Å². The number of rotatable bonds is 18. The standard InChI is InChI=1S/C63H69F5N8O8/c1-7-45-49(64)21-18-39-27-43(77)28-46(53(39)45)55-54(65)56-47(30-69-55)58(75-31-40-19-20-41(32-75)71-40)73-61(72-56)83-34-42-12-9-23-74(42)24-10-25-82-26-22-51(79)84-57(62(4,5)6)60(81)76-33-44(78)29-50(76)59(80)70-36(3)37-14-16-38(17-15-37)52-35(2)11-8-13-48(52)63(66,67)68/h1,8,11,13-18,21,27-28,30,36,40-42,44,50,57,71,77-78H,9-10,12,19-20,22-26,29,31-34H2,2-6H3,(H,70,80)/t36-,40?,41?,42-,44+,50-,57+/m0/s1. The first-order valence-corrected chi connectivity index (χ1v) is 28.6. The number of esters is 1. The lowest BCUT2D eigenvalue weighted by atomic mass is 9.87. The largest absolute Gasteiger partial charge is 0.508 e. The van der Waals surface area contributed by atoms with Crippen molar-refractivity contribution >= 4 is 45.3 Å². The number of aromatic hydroxyl groups is 1. The Morgan fingerprint density at radius 1 is 0.964 bits per heavy atom. The van der Waals surface area contributed by atoms with Crippen LogP contribution in [0.4, 0.5) is 27.8 Å². The predicted octanol–water partition coefficient (Wildman–Crippen LogP) is 9.18. The Morgan fingerprint density at radius 3 is 2.43 bits per heavy atom. The monoisotopic (exact) mass is 1160 g/mol. The van der Waals surface area contributed by atoms with Crippen molar-refractivity contribution in [1.29, 1.82) is 0 Å². The van der Waals surface area contributed by atoms with Crippen LogP contribution in [-0.2, 0) is 30.0 Å². The van der Waals surface area contributed by atoms with Crippen LogP contribution in [0, 0.1) is 36.3 Å². The molecule has 444 valence electrons. The summed E-state index contributed by atoms with van der Waals surface area (Å²) in [7, 11) is 0. The van der Waals surface area contributed by atoms with E-state index in [0.29, 0.717) is 65.9 Å². The van der Waals surface area contributed by atoms with E-state index in [-0.39, 0.29) is 95.8 Å². The number of β-amino-alcohol motifs (C(OH)–C–C–N with tert-alkyl or cyclic N) is 1. The molecule has 10 rings (SSSR count). The average Bonchev–Trinajstić information content (AvgIpc) is 1.25. The number of aromatic nitrogens is 3. The number of ether oxygens (including phenoxy) is 3. The minimum absolute atomic E-state index is 0.0158. The first-order valence-electron chi connectivity index (χ1n) is 28.6. The van der Waals surface area contributed by atoms with Crippen LogP contribution in [-0.4, -0.2) is 142 Å². The number of benzene rings is 4. The Balaban J connectivity index is 0.730. The van der Waals surface area contributed by atoms with E-state index in [1.165, 1.54) is 41.4 Å². The number of pyridine rings is 1. The number of alkyl halides is 3. The number of halogens is 5. The molecule has 4 N–H and O–H groups in total. The molecule has 4 aliphatic rings. The Labute approximate surface area is 484 Å². The van der Waals surface area contributed by atoms with E-state index in [1.54, 1.807) is 65.0 Å². The van der Waals surface area contributed by atoms with E-state index < -0.39 is 70.9 Å². The van der Waals surface area contributed by atoms with Gasteiger partial charge < -0.3 is 44.9 Å². The summed E-state index contributed by atoms with van der Waals surface area (Å²) in [6, 6.07) is 14.6. The summed E-state index contributed by atoms with van der Waals surface area (Å²) in [6.45, 7) is 11.6. The summed E-state index contributed by atoms with van der Waals surface area (Å²) in [6.07, 6.45) is 4.53. The average molecular weight is 1160 g/mol. The van der Waals surface area contributed by atoms with Gasteiger partial charge in [-0.15, -0.1) is 6.42 Å². The van der Waals surface area contributed by atoms with Crippen LogP contribution < -0.4 is 20.3 Å². The van der Waals surface area contributed by atoms with Crippen LogP contribution in [0.5, 0.6) is 11.8 Å². The SMILES string of the molecule is C#Cc1c(F)ccc2cc(O)cc(-c3ncc4c(N5CC6CCC(C5)N6)nc(OC[C@@H]5CCCN5CCCOCCC(=O)O[C@H](C(=O)N5C[C@H](O)C[C@H]5C(=O)N[C@@H](C)c5ccc(-c6c(C)cccc6C(F)(F)F)cc5)C(C)(C)C)nc4c3F)c12. The number of phenols is 1. The van der Waals surface area contributed by atoms with Gasteiger partial charge in [0.15, 0.2) is 11.9 Å². The summed E-state index contributed by atoms with van der Waals surface area (Å²) < 4.78 is 91.9. The number of nitrogens with zero attached hydrogens (tertiary/aromatic N) is 6. The highest BCUT2D eigenvalue weighted by Gasteiger charge is 2.46. The van der Waals surface area contributed by atoms with Gasteiger partial charge in [-0.1, -0.05) is 69.2 Å². The molecular weight excluding hydrogens is 1090 g/mol. The number of aliphatic hydroxyl groups is 1. The molecule has 2 amide bonds. The van der Waals surface area contributed by atoms with Crippen molar-refractivity contribution in [2.45, 2.75) is 128 Å². The summed E-state index contributed by atoms with van der Waals surface area (Å²) in [5.41, 5.74) is -0.333. The van der Waals surface area contributed by atoms with Crippen molar-refractivity contribution in [2.24, 2.45) is 5.41 Å². The zero-order valence-corrected chi connectivity index (χ0v) is 47.6. The number of hydrogen-bond donors (Lipinski definition) is 4. The van der Waals surface area contributed by atoms with Crippen molar-refractivity contribution in [2.75, 3.05) is 57.4 Å². The smallest absolute Gasteiger partial charge is 0.417 e. The molecule has 0 radical (unpaired) electrons.